The van der Waals surface area contributed by atoms with E-state index in [1.807, 2.05) is 25.1 Å². The summed E-state index contributed by atoms with van der Waals surface area (Å²) in [6.07, 6.45) is 2.21. The SMILES string of the molecule is CCn1c(=O)cc(C2CC2)c2cc(N(C)C(=O)c3cccc(O)c3)ccc21. The van der Waals surface area contributed by atoms with Gasteiger partial charge < -0.3 is 14.6 Å². The van der Waals surface area contributed by atoms with Gasteiger partial charge in [0.2, 0.25) is 0 Å². The molecule has 1 N–H and O–H groups in total. The van der Waals surface area contributed by atoms with E-state index in [4.69, 9.17) is 0 Å². The second-order valence-electron chi connectivity index (χ2n) is 7.07. The highest BCUT2D eigenvalue weighted by molar-refractivity contribution is 6.06. The summed E-state index contributed by atoms with van der Waals surface area (Å²) in [4.78, 5) is 26.8. The molecule has 0 aliphatic heterocycles. The zero-order valence-electron chi connectivity index (χ0n) is 15.5. The smallest absolute Gasteiger partial charge is 0.258 e. The topological polar surface area (TPSA) is 62.5 Å². The maximum absolute atomic E-state index is 12.8. The third-order valence-corrected chi connectivity index (χ3v) is 5.25. The molecule has 1 aliphatic carbocycles. The quantitative estimate of drug-likeness (QED) is 0.766. The zero-order valence-corrected chi connectivity index (χ0v) is 15.5. The Morgan fingerprint density at radius 3 is 2.63 bits per heavy atom. The maximum Gasteiger partial charge on any atom is 0.258 e. The van der Waals surface area contributed by atoms with Gasteiger partial charge in [0.25, 0.3) is 11.5 Å². The number of hydrogen-bond acceptors (Lipinski definition) is 3. The number of benzene rings is 2. The number of phenolic OH excluding ortho intramolecular Hbond substituents is 1. The van der Waals surface area contributed by atoms with Gasteiger partial charge in [-0.1, -0.05) is 6.07 Å². The molecular weight excluding hydrogens is 340 g/mol. The number of anilines is 1. The molecule has 4 rings (SSSR count). The lowest BCUT2D eigenvalue weighted by Gasteiger charge is -2.20. The van der Waals surface area contributed by atoms with Gasteiger partial charge in [0.15, 0.2) is 0 Å². The lowest BCUT2D eigenvalue weighted by molar-refractivity contribution is 0.0992. The number of carbonyl (C=O) groups is 1. The van der Waals surface area contributed by atoms with E-state index in [1.165, 1.54) is 6.07 Å². The van der Waals surface area contributed by atoms with Crippen LogP contribution in [0.2, 0.25) is 0 Å². The van der Waals surface area contributed by atoms with Crippen molar-refractivity contribution in [3.63, 3.8) is 0 Å². The number of nitrogens with zero attached hydrogens (tertiary/aromatic N) is 2. The van der Waals surface area contributed by atoms with Gasteiger partial charge in [-0.05, 0) is 67.6 Å². The van der Waals surface area contributed by atoms with Crippen LogP contribution in [0, 0.1) is 0 Å². The molecular formula is C22H22N2O3. The molecule has 138 valence electrons. The van der Waals surface area contributed by atoms with Crippen molar-refractivity contribution in [2.24, 2.45) is 0 Å². The van der Waals surface area contributed by atoms with Crippen molar-refractivity contribution in [3.8, 4) is 5.75 Å². The van der Waals surface area contributed by atoms with E-state index in [1.54, 1.807) is 40.8 Å². The van der Waals surface area contributed by atoms with Gasteiger partial charge in [0.05, 0.1) is 5.52 Å². The predicted octanol–water partition coefficient (Wildman–Crippen LogP) is 3.88. The number of aromatic nitrogens is 1. The minimum Gasteiger partial charge on any atom is -0.508 e. The number of hydrogen-bond donors (Lipinski definition) is 1. The number of phenols is 1. The van der Waals surface area contributed by atoms with Gasteiger partial charge in [0.1, 0.15) is 5.75 Å². The van der Waals surface area contributed by atoms with Gasteiger partial charge in [-0.2, -0.15) is 0 Å². The van der Waals surface area contributed by atoms with Gasteiger partial charge in [-0.3, -0.25) is 9.59 Å². The van der Waals surface area contributed by atoms with Crippen LogP contribution >= 0.6 is 0 Å². The number of rotatable bonds is 4. The van der Waals surface area contributed by atoms with Gasteiger partial charge in [-0.15, -0.1) is 0 Å². The fraction of sp³-hybridized carbons (Fsp3) is 0.273. The first kappa shape index (κ1) is 17.3. The highest BCUT2D eigenvalue weighted by Gasteiger charge is 2.27. The van der Waals surface area contributed by atoms with E-state index in [9.17, 15) is 14.7 Å². The van der Waals surface area contributed by atoms with Crippen LogP contribution in [0.15, 0.2) is 53.3 Å². The highest BCUT2D eigenvalue weighted by atomic mass is 16.3. The summed E-state index contributed by atoms with van der Waals surface area (Å²) in [7, 11) is 1.72. The first-order chi connectivity index (χ1) is 13.0. The van der Waals surface area contributed by atoms with Gasteiger partial charge in [-0.25, -0.2) is 0 Å². The molecule has 0 radical (unpaired) electrons. The molecule has 0 saturated heterocycles. The molecule has 0 atom stereocenters. The summed E-state index contributed by atoms with van der Waals surface area (Å²) in [6.45, 7) is 2.57. The normalized spacial score (nSPS) is 13.7. The molecule has 1 amide bonds. The molecule has 0 unspecified atom stereocenters. The molecule has 1 heterocycles. The van der Waals surface area contributed by atoms with E-state index < -0.39 is 0 Å². The summed E-state index contributed by atoms with van der Waals surface area (Å²) >= 11 is 0. The fourth-order valence-electron chi connectivity index (χ4n) is 3.61. The number of amides is 1. The summed E-state index contributed by atoms with van der Waals surface area (Å²) in [5.41, 5.74) is 3.22. The number of carbonyl (C=O) groups excluding carboxylic acids is 1. The summed E-state index contributed by atoms with van der Waals surface area (Å²) in [5, 5.41) is 10.7. The Morgan fingerprint density at radius 1 is 1.19 bits per heavy atom. The molecule has 3 aromatic rings. The van der Waals surface area contributed by atoms with Crippen molar-refractivity contribution < 1.29 is 9.90 Å². The molecule has 1 fully saturated rings. The zero-order chi connectivity index (χ0) is 19.1. The van der Waals surface area contributed by atoms with E-state index in [0.717, 1.165) is 35.0 Å². The Labute approximate surface area is 157 Å². The van der Waals surface area contributed by atoms with E-state index in [-0.39, 0.29) is 17.2 Å². The maximum atomic E-state index is 12.8. The Hall–Kier alpha value is -3.08. The predicted molar refractivity (Wildman–Crippen MR) is 107 cm³/mol. The molecule has 27 heavy (non-hydrogen) atoms. The minimum absolute atomic E-state index is 0.0313. The van der Waals surface area contributed by atoms with Crippen LogP contribution in [0.25, 0.3) is 10.9 Å². The second-order valence-corrected chi connectivity index (χ2v) is 7.07. The largest absolute Gasteiger partial charge is 0.508 e. The van der Waals surface area contributed by atoms with Crippen LogP contribution in [0.1, 0.15) is 41.6 Å². The standard InChI is InChI=1S/C22H22N2O3/c1-3-24-20-10-9-16(12-19(20)18(13-21(24)26)14-7-8-14)23(2)22(27)15-5-4-6-17(25)11-15/h4-6,9-14,25H,3,7-8H2,1-2H3. The van der Waals surface area contributed by atoms with Crippen molar-refractivity contribution >= 4 is 22.5 Å². The Balaban J connectivity index is 1.81. The molecule has 1 aliphatic rings. The first-order valence-corrected chi connectivity index (χ1v) is 9.24. The van der Waals surface area contributed by atoms with Crippen LogP contribution in [-0.4, -0.2) is 22.6 Å². The third kappa shape index (κ3) is 3.10. The van der Waals surface area contributed by atoms with Crippen molar-refractivity contribution in [2.75, 3.05) is 11.9 Å². The molecule has 1 saturated carbocycles. The molecule has 2 aromatic carbocycles. The average Bonchev–Trinajstić information content (AvgIpc) is 3.51. The molecule has 5 heteroatoms. The molecule has 0 spiro atoms. The molecule has 0 bridgehead atoms. The monoisotopic (exact) mass is 362 g/mol. The van der Waals surface area contributed by atoms with E-state index in [2.05, 4.69) is 0 Å². The number of fused-ring (bicyclic) bond motifs is 1. The summed E-state index contributed by atoms with van der Waals surface area (Å²) < 4.78 is 1.77. The van der Waals surface area contributed by atoms with Crippen LogP contribution in [0.3, 0.4) is 0 Å². The van der Waals surface area contributed by atoms with E-state index >= 15 is 0 Å². The highest BCUT2D eigenvalue weighted by Crippen LogP contribution is 2.43. The number of aryl methyl sites for hydroxylation is 1. The Morgan fingerprint density at radius 2 is 1.96 bits per heavy atom. The number of aromatic hydroxyl groups is 1. The van der Waals surface area contributed by atoms with Crippen LogP contribution < -0.4 is 10.5 Å². The number of pyridine rings is 1. The second kappa shape index (κ2) is 6.58. The lowest BCUT2D eigenvalue weighted by Crippen LogP contribution is -2.26. The van der Waals surface area contributed by atoms with E-state index in [0.29, 0.717) is 18.0 Å². The average molecular weight is 362 g/mol. The fourth-order valence-corrected chi connectivity index (χ4v) is 3.61. The van der Waals surface area contributed by atoms with Gasteiger partial charge in [0, 0.05) is 36.3 Å². The van der Waals surface area contributed by atoms with Crippen molar-refractivity contribution in [3.05, 3.63) is 70.0 Å². The van der Waals surface area contributed by atoms with Crippen molar-refractivity contribution in [1.29, 1.82) is 0 Å². The van der Waals surface area contributed by atoms with Gasteiger partial charge >= 0.3 is 0 Å². The summed E-state index contributed by atoms with van der Waals surface area (Å²) in [5.74, 6) is 0.312. The third-order valence-electron chi connectivity index (χ3n) is 5.25. The van der Waals surface area contributed by atoms with Crippen LogP contribution in [0.5, 0.6) is 5.75 Å². The molecule has 1 aromatic heterocycles. The first-order valence-electron chi connectivity index (χ1n) is 9.24. The molecule has 5 nitrogen and oxygen atoms in total. The minimum atomic E-state index is -0.193. The summed E-state index contributed by atoms with van der Waals surface area (Å²) in [6, 6.07) is 13.9. The lowest BCUT2D eigenvalue weighted by atomic mass is 10.0. The Kier molecular flexibility index (Phi) is 4.22. The van der Waals surface area contributed by atoms with Crippen molar-refractivity contribution in [2.45, 2.75) is 32.2 Å². The Bertz CT molecular complexity index is 1100. The van der Waals surface area contributed by atoms with Crippen LogP contribution in [0.4, 0.5) is 5.69 Å². The van der Waals surface area contributed by atoms with Crippen molar-refractivity contribution in [1.82, 2.24) is 4.57 Å². The van der Waals surface area contributed by atoms with Crippen LogP contribution in [-0.2, 0) is 6.54 Å².